The van der Waals surface area contributed by atoms with Gasteiger partial charge in [0.1, 0.15) is 22.8 Å². The van der Waals surface area contributed by atoms with Gasteiger partial charge < -0.3 is 9.63 Å². The number of hydrogen-bond donors (Lipinski definition) is 1. The fourth-order valence-electron chi connectivity index (χ4n) is 2.31. The van der Waals surface area contributed by atoms with Crippen molar-refractivity contribution in [2.75, 3.05) is 12.9 Å². The zero-order valence-electron chi connectivity index (χ0n) is 13.9. The largest absolute Gasteiger partial charge is 0.389 e. The van der Waals surface area contributed by atoms with Crippen LogP contribution < -0.4 is 0 Å². The van der Waals surface area contributed by atoms with Gasteiger partial charge in [0.05, 0.1) is 4.88 Å². The van der Waals surface area contributed by atoms with Crippen LogP contribution in [0, 0.1) is 0 Å². The number of thiophene rings is 1. The van der Waals surface area contributed by atoms with Crippen molar-refractivity contribution in [3.8, 4) is 10.6 Å². The third-order valence-electron chi connectivity index (χ3n) is 4.22. The number of aryl methyl sites for hydroxylation is 2. The van der Waals surface area contributed by atoms with E-state index in [0.717, 1.165) is 17.6 Å². The second kappa shape index (κ2) is 7.16. The number of rotatable bonds is 8. The number of Topliss-reactive ketones (excluding diaryl/α,β-unsaturated/α-hetero) is 1. The summed E-state index contributed by atoms with van der Waals surface area (Å²) in [7, 11) is -3.66. The zero-order chi connectivity index (χ0) is 18.0. The molecule has 0 bridgehead atoms. The summed E-state index contributed by atoms with van der Waals surface area (Å²) in [6, 6.07) is 5.77. The topological polar surface area (TPSA) is 97.5 Å². The maximum Gasteiger partial charge on any atom is 0.179 e. The number of aromatic nitrogens is 1. The Morgan fingerprint density at radius 2 is 2.12 bits per heavy atom. The summed E-state index contributed by atoms with van der Waals surface area (Å²) < 4.78 is 27.6. The molecule has 24 heavy (non-hydrogen) atoms. The van der Waals surface area contributed by atoms with Crippen LogP contribution in [0.15, 0.2) is 22.7 Å². The van der Waals surface area contributed by atoms with Gasteiger partial charge in [-0.2, -0.15) is 0 Å². The molecule has 0 saturated carbocycles. The molecule has 2 aromatic heterocycles. The van der Waals surface area contributed by atoms with Crippen LogP contribution in [0.4, 0.5) is 0 Å². The van der Waals surface area contributed by atoms with Crippen LogP contribution >= 0.6 is 11.3 Å². The molecule has 0 saturated heterocycles. The summed E-state index contributed by atoms with van der Waals surface area (Å²) in [6.45, 7) is 2.61. The van der Waals surface area contributed by atoms with Crippen molar-refractivity contribution >= 4 is 27.0 Å². The Morgan fingerprint density at radius 1 is 1.42 bits per heavy atom. The van der Waals surface area contributed by atoms with Crippen LogP contribution in [0.3, 0.4) is 0 Å². The fraction of sp³-hybridized carbons (Fsp3) is 0.500. The number of carbonyl (C=O) groups excluding carboxylic acids is 1. The second-order valence-electron chi connectivity index (χ2n) is 5.88. The average Bonchev–Trinajstić information content (AvgIpc) is 3.19. The Morgan fingerprint density at radius 3 is 2.67 bits per heavy atom. The molecule has 0 radical (unpaired) electrons. The first-order valence-electron chi connectivity index (χ1n) is 7.59. The molecule has 2 aromatic rings. The molecule has 0 spiro atoms. The molecule has 0 aliphatic carbocycles. The molecule has 0 aliphatic rings. The maximum absolute atomic E-state index is 12.0. The molecule has 0 fully saturated rings. The number of hydrogen-bond acceptors (Lipinski definition) is 7. The van der Waals surface area contributed by atoms with Crippen molar-refractivity contribution in [2.24, 2.45) is 0 Å². The first-order valence-corrected chi connectivity index (χ1v) is 10.3. The monoisotopic (exact) mass is 371 g/mol. The summed E-state index contributed by atoms with van der Waals surface area (Å²) in [5, 5.41) is 13.1. The quantitative estimate of drug-likeness (QED) is 0.764. The number of ketones is 1. The molecular formula is C16H21NO5S2. The Kier molecular flexibility index (Phi) is 5.62. The number of nitrogens with zero attached hydrogens (tertiary/aromatic N) is 1. The van der Waals surface area contributed by atoms with Crippen molar-refractivity contribution in [1.29, 1.82) is 0 Å². The highest BCUT2D eigenvalue weighted by Gasteiger charge is 2.42. The highest BCUT2D eigenvalue weighted by atomic mass is 32.2. The lowest BCUT2D eigenvalue weighted by Crippen LogP contribution is -2.45. The van der Waals surface area contributed by atoms with Gasteiger partial charge in [0.15, 0.2) is 15.6 Å². The molecule has 132 valence electrons. The molecule has 1 atom stereocenters. The smallest absolute Gasteiger partial charge is 0.179 e. The van der Waals surface area contributed by atoms with E-state index < -0.39 is 27.0 Å². The minimum absolute atomic E-state index is 0.0323. The van der Waals surface area contributed by atoms with E-state index in [-0.39, 0.29) is 12.8 Å². The normalized spacial score (nSPS) is 14.5. The predicted molar refractivity (Wildman–Crippen MR) is 92.9 cm³/mol. The number of carbonyl (C=O) groups is 1. The van der Waals surface area contributed by atoms with Crippen molar-refractivity contribution < 1.29 is 22.8 Å². The van der Waals surface area contributed by atoms with Gasteiger partial charge in [-0.1, -0.05) is 12.1 Å². The highest BCUT2D eigenvalue weighted by Crippen LogP contribution is 2.30. The predicted octanol–water partition coefficient (Wildman–Crippen LogP) is 2.26. The van der Waals surface area contributed by atoms with Gasteiger partial charge >= 0.3 is 0 Å². The number of aliphatic hydroxyl groups excluding tert-OH is 1. The van der Waals surface area contributed by atoms with Crippen LogP contribution in [0.5, 0.6) is 0 Å². The Balaban J connectivity index is 2.15. The lowest BCUT2D eigenvalue weighted by atomic mass is 9.98. The molecular weight excluding hydrogens is 350 g/mol. The van der Waals surface area contributed by atoms with Gasteiger partial charge in [-0.3, -0.25) is 4.79 Å². The fourth-order valence-corrected chi connectivity index (χ4v) is 4.16. The maximum atomic E-state index is 12.0. The van der Waals surface area contributed by atoms with Crippen molar-refractivity contribution in [2.45, 2.75) is 37.9 Å². The van der Waals surface area contributed by atoms with E-state index in [1.54, 1.807) is 17.4 Å². The van der Waals surface area contributed by atoms with Gasteiger partial charge in [0, 0.05) is 23.6 Å². The van der Waals surface area contributed by atoms with E-state index in [2.05, 4.69) is 12.1 Å². The Labute approximate surface area is 145 Å². The summed E-state index contributed by atoms with van der Waals surface area (Å²) >= 11 is 1.63. The molecule has 1 unspecified atom stereocenters. The van der Waals surface area contributed by atoms with Crippen molar-refractivity contribution in [1.82, 2.24) is 5.16 Å². The van der Waals surface area contributed by atoms with Gasteiger partial charge in [0.2, 0.25) is 0 Å². The Bertz CT molecular complexity index is 821. The van der Waals surface area contributed by atoms with E-state index in [1.165, 1.54) is 11.8 Å². The van der Waals surface area contributed by atoms with Crippen LogP contribution in [0.25, 0.3) is 10.6 Å². The summed E-state index contributed by atoms with van der Waals surface area (Å²) in [5.74, 6) is -0.201. The number of aliphatic hydroxyl groups is 1. The van der Waals surface area contributed by atoms with Crippen molar-refractivity contribution in [3.63, 3.8) is 0 Å². The average molecular weight is 371 g/mol. The molecule has 2 heterocycles. The molecule has 2 rings (SSSR count). The molecule has 1 N–H and O–H groups in total. The lowest BCUT2D eigenvalue weighted by molar-refractivity contribution is -0.124. The van der Waals surface area contributed by atoms with Crippen LogP contribution in [0.1, 0.15) is 30.9 Å². The van der Waals surface area contributed by atoms with Crippen LogP contribution in [-0.4, -0.2) is 42.1 Å². The summed E-state index contributed by atoms with van der Waals surface area (Å²) in [5.41, 5.74) is 0.698. The SMILES string of the molecule is CCc1ccc(-c2cc(CCC(C)(C(=O)CO)S(C)(=O)=O)on2)s1. The van der Waals surface area contributed by atoms with E-state index >= 15 is 0 Å². The van der Waals surface area contributed by atoms with Gasteiger partial charge in [0.25, 0.3) is 0 Å². The molecule has 8 heteroatoms. The minimum Gasteiger partial charge on any atom is -0.389 e. The second-order valence-corrected chi connectivity index (χ2v) is 9.50. The molecule has 0 amide bonds. The standard InChI is InChI=1S/C16H21NO5S2/c1-4-12-5-6-14(23-12)13-9-11(22-17-13)7-8-16(2,15(19)10-18)24(3,20)21/h5-6,9,18H,4,7-8,10H2,1-3H3. The third kappa shape index (κ3) is 3.76. The van der Waals surface area contributed by atoms with E-state index in [4.69, 9.17) is 9.63 Å². The number of sulfone groups is 1. The first kappa shape index (κ1) is 18.8. The van der Waals surface area contributed by atoms with E-state index in [0.29, 0.717) is 11.5 Å². The van der Waals surface area contributed by atoms with Crippen LogP contribution in [-0.2, 0) is 27.5 Å². The third-order valence-corrected chi connectivity index (χ3v) is 7.54. The van der Waals surface area contributed by atoms with E-state index in [1.807, 2.05) is 12.1 Å². The summed E-state index contributed by atoms with van der Waals surface area (Å²) in [4.78, 5) is 14.1. The Hall–Kier alpha value is -1.51. The highest BCUT2D eigenvalue weighted by molar-refractivity contribution is 7.92. The molecule has 0 aromatic carbocycles. The molecule has 6 nitrogen and oxygen atoms in total. The van der Waals surface area contributed by atoms with Gasteiger partial charge in [-0.15, -0.1) is 11.3 Å². The molecule has 0 aliphatic heterocycles. The zero-order valence-corrected chi connectivity index (χ0v) is 15.5. The van der Waals surface area contributed by atoms with Gasteiger partial charge in [-0.25, -0.2) is 8.42 Å². The minimum atomic E-state index is -3.66. The first-order chi connectivity index (χ1) is 11.2. The van der Waals surface area contributed by atoms with Crippen LogP contribution in [0.2, 0.25) is 0 Å². The van der Waals surface area contributed by atoms with Gasteiger partial charge in [-0.05, 0) is 31.9 Å². The van der Waals surface area contributed by atoms with Crippen molar-refractivity contribution in [3.05, 3.63) is 28.8 Å². The lowest BCUT2D eigenvalue weighted by Gasteiger charge is -2.24. The van der Waals surface area contributed by atoms with E-state index in [9.17, 15) is 13.2 Å². The summed E-state index contributed by atoms with van der Waals surface area (Å²) in [6.07, 6.45) is 2.23.